The molecule has 2 aromatic carbocycles. The smallest absolute Gasteiger partial charge is 0.261 e. The van der Waals surface area contributed by atoms with E-state index in [1.165, 1.54) is 0 Å². The van der Waals surface area contributed by atoms with Gasteiger partial charge < -0.3 is 14.6 Å². The SMILES string of the molecule is CC[C@@H](Oc1cccc(C)c1)C(=O)NCc1ccc(-n2ccnc2)cc1. The molecule has 0 unspecified atom stereocenters. The summed E-state index contributed by atoms with van der Waals surface area (Å²) >= 11 is 0. The van der Waals surface area contributed by atoms with Crippen molar-refractivity contribution >= 4 is 5.91 Å². The van der Waals surface area contributed by atoms with Crippen LogP contribution in [0.4, 0.5) is 0 Å². The van der Waals surface area contributed by atoms with Crippen LogP contribution >= 0.6 is 0 Å². The van der Waals surface area contributed by atoms with Crippen LogP contribution in [0.3, 0.4) is 0 Å². The average Bonchev–Trinajstić information content (AvgIpc) is 3.19. The van der Waals surface area contributed by atoms with Gasteiger partial charge in [0.1, 0.15) is 5.75 Å². The number of carbonyl (C=O) groups excluding carboxylic acids is 1. The quantitative estimate of drug-likeness (QED) is 0.708. The molecule has 1 heterocycles. The van der Waals surface area contributed by atoms with Crippen molar-refractivity contribution in [2.24, 2.45) is 0 Å². The Morgan fingerprint density at radius 3 is 2.69 bits per heavy atom. The third kappa shape index (κ3) is 4.51. The first-order valence-electron chi connectivity index (χ1n) is 8.74. The van der Waals surface area contributed by atoms with E-state index in [9.17, 15) is 4.79 Å². The molecule has 1 atom stereocenters. The molecule has 0 aliphatic heterocycles. The first-order valence-corrected chi connectivity index (χ1v) is 8.74. The molecule has 3 aromatic rings. The zero-order valence-electron chi connectivity index (χ0n) is 15.1. The highest BCUT2D eigenvalue weighted by Gasteiger charge is 2.18. The largest absolute Gasteiger partial charge is 0.481 e. The summed E-state index contributed by atoms with van der Waals surface area (Å²) in [6.45, 7) is 4.41. The lowest BCUT2D eigenvalue weighted by Gasteiger charge is -2.17. The minimum Gasteiger partial charge on any atom is -0.481 e. The molecule has 0 radical (unpaired) electrons. The third-order valence-electron chi connectivity index (χ3n) is 4.14. The predicted octanol–water partition coefficient (Wildman–Crippen LogP) is 3.65. The number of amides is 1. The number of nitrogens with one attached hydrogen (secondary N) is 1. The topological polar surface area (TPSA) is 56.1 Å². The van der Waals surface area contributed by atoms with E-state index in [2.05, 4.69) is 10.3 Å². The molecule has 5 heteroatoms. The monoisotopic (exact) mass is 349 g/mol. The van der Waals surface area contributed by atoms with Gasteiger partial charge in [0.15, 0.2) is 6.10 Å². The van der Waals surface area contributed by atoms with Crippen LogP contribution in [0.15, 0.2) is 67.3 Å². The van der Waals surface area contributed by atoms with E-state index in [1.807, 2.05) is 73.1 Å². The third-order valence-corrected chi connectivity index (χ3v) is 4.14. The molecule has 0 fully saturated rings. The Morgan fingerprint density at radius 2 is 2.04 bits per heavy atom. The van der Waals surface area contributed by atoms with Crippen LogP contribution in [0.5, 0.6) is 5.75 Å². The minimum atomic E-state index is -0.498. The number of ether oxygens (including phenoxy) is 1. The van der Waals surface area contributed by atoms with Crippen molar-refractivity contribution < 1.29 is 9.53 Å². The van der Waals surface area contributed by atoms with Gasteiger partial charge in [-0.3, -0.25) is 4.79 Å². The van der Waals surface area contributed by atoms with Gasteiger partial charge in [0.25, 0.3) is 5.91 Å². The van der Waals surface area contributed by atoms with Crippen molar-refractivity contribution in [3.8, 4) is 11.4 Å². The van der Waals surface area contributed by atoms with Crippen LogP contribution in [-0.4, -0.2) is 21.6 Å². The maximum Gasteiger partial charge on any atom is 0.261 e. The van der Waals surface area contributed by atoms with Gasteiger partial charge in [-0.1, -0.05) is 31.2 Å². The maximum atomic E-state index is 12.4. The second-order valence-corrected chi connectivity index (χ2v) is 6.19. The van der Waals surface area contributed by atoms with Crippen molar-refractivity contribution in [2.45, 2.75) is 32.9 Å². The van der Waals surface area contributed by atoms with E-state index >= 15 is 0 Å². The summed E-state index contributed by atoms with van der Waals surface area (Å²) in [6.07, 6.45) is 5.50. The van der Waals surface area contributed by atoms with Crippen molar-refractivity contribution in [1.82, 2.24) is 14.9 Å². The Morgan fingerprint density at radius 1 is 1.23 bits per heavy atom. The number of aromatic nitrogens is 2. The molecule has 1 aromatic heterocycles. The van der Waals surface area contributed by atoms with Gasteiger partial charge in [0.05, 0.1) is 6.33 Å². The van der Waals surface area contributed by atoms with Crippen molar-refractivity contribution in [3.05, 3.63) is 78.4 Å². The number of rotatable bonds is 7. The fourth-order valence-electron chi connectivity index (χ4n) is 2.68. The van der Waals surface area contributed by atoms with E-state index in [0.29, 0.717) is 13.0 Å². The molecule has 1 amide bonds. The number of hydrogen-bond acceptors (Lipinski definition) is 3. The molecule has 3 rings (SSSR count). The van der Waals surface area contributed by atoms with Crippen molar-refractivity contribution in [3.63, 3.8) is 0 Å². The van der Waals surface area contributed by atoms with Crippen LogP contribution in [-0.2, 0) is 11.3 Å². The Labute approximate surface area is 153 Å². The van der Waals surface area contributed by atoms with Gasteiger partial charge in [0, 0.05) is 24.6 Å². The molecule has 0 aliphatic rings. The minimum absolute atomic E-state index is 0.104. The van der Waals surface area contributed by atoms with Gasteiger partial charge >= 0.3 is 0 Å². The van der Waals surface area contributed by atoms with E-state index in [1.54, 1.807) is 12.5 Å². The molecule has 0 bridgehead atoms. The molecule has 26 heavy (non-hydrogen) atoms. The number of aryl methyl sites for hydroxylation is 1. The molecule has 134 valence electrons. The van der Waals surface area contributed by atoms with Crippen LogP contribution in [0.25, 0.3) is 5.69 Å². The highest BCUT2D eigenvalue weighted by Crippen LogP contribution is 2.16. The normalized spacial score (nSPS) is 11.8. The molecule has 5 nitrogen and oxygen atoms in total. The lowest BCUT2D eigenvalue weighted by molar-refractivity contribution is -0.128. The number of nitrogens with zero attached hydrogens (tertiary/aromatic N) is 2. The van der Waals surface area contributed by atoms with Crippen LogP contribution < -0.4 is 10.1 Å². The summed E-state index contributed by atoms with van der Waals surface area (Å²) in [6, 6.07) is 15.7. The van der Waals surface area contributed by atoms with Gasteiger partial charge in [-0.25, -0.2) is 4.98 Å². The van der Waals surface area contributed by atoms with Gasteiger partial charge in [0.2, 0.25) is 0 Å². The van der Waals surface area contributed by atoms with E-state index < -0.39 is 6.10 Å². The van der Waals surface area contributed by atoms with E-state index in [-0.39, 0.29) is 5.91 Å². The van der Waals surface area contributed by atoms with Gasteiger partial charge in [-0.05, 0) is 48.7 Å². The van der Waals surface area contributed by atoms with Crippen LogP contribution in [0, 0.1) is 6.92 Å². The second kappa shape index (κ2) is 8.34. The summed E-state index contributed by atoms with van der Waals surface area (Å²) in [4.78, 5) is 16.5. The summed E-state index contributed by atoms with van der Waals surface area (Å²) in [5.41, 5.74) is 3.18. The highest BCUT2D eigenvalue weighted by molar-refractivity contribution is 5.81. The standard InChI is InChI=1S/C21H23N3O2/c1-3-20(26-19-6-4-5-16(2)13-19)21(25)23-14-17-7-9-18(10-8-17)24-12-11-22-15-24/h4-13,15,20H,3,14H2,1-2H3,(H,23,25)/t20-/m1/s1. The summed E-state index contributed by atoms with van der Waals surface area (Å²) in [5.74, 6) is 0.615. The Balaban J connectivity index is 1.56. The molecule has 0 saturated carbocycles. The number of carbonyl (C=O) groups is 1. The number of imidazole rings is 1. The number of benzene rings is 2. The Hall–Kier alpha value is -3.08. The number of hydrogen-bond donors (Lipinski definition) is 1. The summed E-state index contributed by atoms with van der Waals surface area (Å²) in [5, 5.41) is 2.96. The Kier molecular flexibility index (Phi) is 5.69. The summed E-state index contributed by atoms with van der Waals surface area (Å²) < 4.78 is 7.78. The fourth-order valence-corrected chi connectivity index (χ4v) is 2.68. The Bertz CT molecular complexity index is 842. The van der Waals surface area contributed by atoms with Crippen molar-refractivity contribution in [2.75, 3.05) is 0 Å². The first kappa shape index (κ1) is 17.7. The predicted molar refractivity (Wildman–Crippen MR) is 101 cm³/mol. The highest BCUT2D eigenvalue weighted by atomic mass is 16.5. The van der Waals surface area contributed by atoms with Gasteiger partial charge in [-0.2, -0.15) is 0 Å². The lowest BCUT2D eigenvalue weighted by atomic mass is 10.2. The van der Waals surface area contributed by atoms with Gasteiger partial charge in [-0.15, -0.1) is 0 Å². The molecular formula is C21H23N3O2. The van der Waals surface area contributed by atoms with E-state index in [4.69, 9.17) is 4.74 Å². The van der Waals surface area contributed by atoms with Crippen LogP contribution in [0.1, 0.15) is 24.5 Å². The molecule has 0 saturated heterocycles. The molecule has 0 aliphatic carbocycles. The van der Waals surface area contributed by atoms with E-state index in [0.717, 1.165) is 22.6 Å². The first-order chi connectivity index (χ1) is 12.7. The lowest BCUT2D eigenvalue weighted by Crippen LogP contribution is -2.37. The van der Waals surface area contributed by atoms with Crippen LogP contribution in [0.2, 0.25) is 0 Å². The molecule has 0 spiro atoms. The fraction of sp³-hybridized carbons (Fsp3) is 0.238. The second-order valence-electron chi connectivity index (χ2n) is 6.19. The molecule has 1 N–H and O–H groups in total. The van der Waals surface area contributed by atoms with Crippen molar-refractivity contribution in [1.29, 1.82) is 0 Å². The summed E-state index contributed by atoms with van der Waals surface area (Å²) in [7, 11) is 0. The zero-order valence-corrected chi connectivity index (χ0v) is 15.1. The zero-order chi connectivity index (χ0) is 18.4. The average molecular weight is 349 g/mol. The maximum absolute atomic E-state index is 12.4. The molecular weight excluding hydrogens is 326 g/mol.